The van der Waals surface area contributed by atoms with Crippen LogP contribution in [0, 0.1) is 0 Å². The second-order valence-electron chi connectivity index (χ2n) is 3.69. The van der Waals surface area contributed by atoms with E-state index in [0.717, 1.165) is 5.56 Å². The SMILES string of the molecule is CNCc1ncc(-c2c(OC)cccc2OC)o1. The summed E-state index contributed by atoms with van der Waals surface area (Å²) >= 11 is 0. The Bertz CT molecular complexity index is 500. The highest BCUT2D eigenvalue weighted by molar-refractivity contribution is 5.72. The van der Waals surface area contributed by atoms with E-state index in [1.165, 1.54) is 0 Å². The Kier molecular flexibility index (Phi) is 3.84. The molecule has 18 heavy (non-hydrogen) atoms. The monoisotopic (exact) mass is 248 g/mol. The van der Waals surface area contributed by atoms with Crippen molar-refractivity contribution in [1.29, 1.82) is 0 Å². The molecule has 0 bridgehead atoms. The van der Waals surface area contributed by atoms with Gasteiger partial charge in [-0.3, -0.25) is 0 Å². The molecule has 0 spiro atoms. The fourth-order valence-electron chi connectivity index (χ4n) is 1.75. The van der Waals surface area contributed by atoms with E-state index in [1.54, 1.807) is 20.4 Å². The summed E-state index contributed by atoms with van der Waals surface area (Å²) in [6.45, 7) is 0.581. The fourth-order valence-corrected chi connectivity index (χ4v) is 1.75. The van der Waals surface area contributed by atoms with Gasteiger partial charge in [0.25, 0.3) is 0 Å². The summed E-state index contributed by atoms with van der Waals surface area (Å²) in [4.78, 5) is 4.19. The molecule has 2 aromatic rings. The first kappa shape index (κ1) is 12.4. The molecule has 0 aliphatic heterocycles. The third kappa shape index (κ3) is 2.31. The number of benzene rings is 1. The molecule has 0 radical (unpaired) electrons. The van der Waals surface area contributed by atoms with Crippen molar-refractivity contribution in [2.75, 3.05) is 21.3 Å². The van der Waals surface area contributed by atoms with Gasteiger partial charge in [0.2, 0.25) is 5.89 Å². The van der Waals surface area contributed by atoms with Crippen LogP contribution < -0.4 is 14.8 Å². The molecule has 0 aliphatic rings. The maximum atomic E-state index is 5.66. The zero-order valence-electron chi connectivity index (χ0n) is 10.7. The average molecular weight is 248 g/mol. The van der Waals surface area contributed by atoms with Gasteiger partial charge < -0.3 is 19.2 Å². The van der Waals surface area contributed by atoms with Gasteiger partial charge in [0, 0.05) is 0 Å². The molecule has 0 saturated carbocycles. The molecule has 0 aliphatic carbocycles. The molecular formula is C13H16N2O3. The number of methoxy groups -OCH3 is 2. The lowest BCUT2D eigenvalue weighted by atomic mass is 10.1. The van der Waals surface area contributed by atoms with Gasteiger partial charge in [-0.2, -0.15) is 0 Å². The predicted octanol–water partition coefficient (Wildman–Crippen LogP) is 2.08. The summed E-state index contributed by atoms with van der Waals surface area (Å²) in [7, 11) is 5.07. The molecule has 2 rings (SSSR count). The molecule has 0 unspecified atom stereocenters. The van der Waals surface area contributed by atoms with Crippen molar-refractivity contribution in [2.24, 2.45) is 0 Å². The Morgan fingerprint density at radius 1 is 1.22 bits per heavy atom. The van der Waals surface area contributed by atoms with Gasteiger partial charge in [-0.1, -0.05) is 6.07 Å². The van der Waals surface area contributed by atoms with Crippen molar-refractivity contribution in [2.45, 2.75) is 6.54 Å². The van der Waals surface area contributed by atoms with Gasteiger partial charge in [0.15, 0.2) is 5.76 Å². The van der Waals surface area contributed by atoms with E-state index in [4.69, 9.17) is 13.9 Å². The molecule has 1 heterocycles. The number of nitrogens with one attached hydrogen (secondary N) is 1. The molecule has 1 N–H and O–H groups in total. The van der Waals surface area contributed by atoms with Gasteiger partial charge in [-0.15, -0.1) is 0 Å². The van der Waals surface area contributed by atoms with E-state index in [0.29, 0.717) is 29.7 Å². The quantitative estimate of drug-likeness (QED) is 0.878. The molecule has 1 aromatic heterocycles. The van der Waals surface area contributed by atoms with Crippen molar-refractivity contribution >= 4 is 0 Å². The first-order valence-corrected chi connectivity index (χ1v) is 5.60. The topological polar surface area (TPSA) is 56.5 Å². The zero-order valence-corrected chi connectivity index (χ0v) is 10.7. The van der Waals surface area contributed by atoms with Crippen LogP contribution in [-0.4, -0.2) is 26.3 Å². The Labute approximate surface area is 106 Å². The summed E-state index contributed by atoms with van der Waals surface area (Å²) in [5.74, 6) is 2.65. The van der Waals surface area contributed by atoms with Gasteiger partial charge in [0.05, 0.1) is 27.0 Å². The van der Waals surface area contributed by atoms with Crippen molar-refractivity contribution in [3.63, 3.8) is 0 Å². The first-order chi connectivity index (χ1) is 8.80. The number of hydrogen-bond acceptors (Lipinski definition) is 5. The van der Waals surface area contributed by atoms with E-state index in [9.17, 15) is 0 Å². The lowest BCUT2D eigenvalue weighted by molar-refractivity contribution is 0.393. The highest BCUT2D eigenvalue weighted by Crippen LogP contribution is 2.38. The van der Waals surface area contributed by atoms with Crippen molar-refractivity contribution in [3.05, 3.63) is 30.3 Å². The smallest absolute Gasteiger partial charge is 0.208 e. The Morgan fingerprint density at radius 2 is 1.89 bits per heavy atom. The van der Waals surface area contributed by atoms with Crippen LogP contribution in [0.5, 0.6) is 11.5 Å². The molecule has 5 heteroatoms. The lowest BCUT2D eigenvalue weighted by Crippen LogP contribution is -2.04. The summed E-state index contributed by atoms with van der Waals surface area (Å²) < 4.78 is 16.3. The van der Waals surface area contributed by atoms with E-state index in [2.05, 4.69) is 10.3 Å². The third-order valence-corrected chi connectivity index (χ3v) is 2.56. The summed E-state index contributed by atoms with van der Waals surface area (Å²) in [5.41, 5.74) is 0.775. The van der Waals surface area contributed by atoms with Crippen LogP contribution in [0.15, 0.2) is 28.8 Å². The molecule has 1 aromatic carbocycles. The second-order valence-corrected chi connectivity index (χ2v) is 3.69. The largest absolute Gasteiger partial charge is 0.496 e. The summed E-state index contributed by atoms with van der Waals surface area (Å²) in [6.07, 6.45) is 1.67. The fraction of sp³-hybridized carbons (Fsp3) is 0.308. The van der Waals surface area contributed by atoms with Gasteiger partial charge >= 0.3 is 0 Å². The number of ether oxygens (including phenoxy) is 2. The maximum absolute atomic E-state index is 5.66. The number of oxazole rings is 1. The van der Waals surface area contributed by atoms with Gasteiger partial charge in [0.1, 0.15) is 17.1 Å². The molecule has 5 nitrogen and oxygen atoms in total. The van der Waals surface area contributed by atoms with Crippen LogP contribution in [0.3, 0.4) is 0 Å². The first-order valence-electron chi connectivity index (χ1n) is 5.60. The number of hydrogen-bond donors (Lipinski definition) is 1. The lowest BCUT2D eigenvalue weighted by Gasteiger charge is -2.10. The standard InChI is InChI=1S/C13H16N2O3/c1-14-8-12-15-7-11(18-12)13-9(16-2)5-4-6-10(13)17-3/h4-7,14H,8H2,1-3H3. The van der Waals surface area contributed by atoms with Crippen LogP contribution in [0.2, 0.25) is 0 Å². The molecule has 0 amide bonds. The van der Waals surface area contributed by atoms with E-state index in [-0.39, 0.29) is 0 Å². The average Bonchev–Trinajstić information content (AvgIpc) is 2.86. The normalized spacial score (nSPS) is 10.4. The predicted molar refractivity (Wildman–Crippen MR) is 67.8 cm³/mol. The molecule has 0 saturated heterocycles. The Morgan fingerprint density at radius 3 is 2.44 bits per heavy atom. The van der Waals surface area contributed by atoms with Crippen LogP contribution in [-0.2, 0) is 6.54 Å². The van der Waals surface area contributed by atoms with Gasteiger partial charge in [-0.25, -0.2) is 4.98 Å². The molecular weight excluding hydrogens is 232 g/mol. The maximum Gasteiger partial charge on any atom is 0.208 e. The zero-order chi connectivity index (χ0) is 13.0. The van der Waals surface area contributed by atoms with Crippen LogP contribution in [0.1, 0.15) is 5.89 Å². The number of nitrogens with zero attached hydrogens (tertiary/aromatic N) is 1. The third-order valence-electron chi connectivity index (χ3n) is 2.56. The Balaban J connectivity index is 2.47. The van der Waals surface area contributed by atoms with E-state index in [1.807, 2.05) is 25.2 Å². The van der Waals surface area contributed by atoms with Crippen LogP contribution in [0.4, 0.5) is 0 Å². The Hall–Kier alpha value is -2.01. The van der Waals surface area contributed by atoms with Crippen molar-refractivity contribution in [3.8, 4) is 22.8 Å². The van der Waals surface area contributed by atoms with E-state index < -0.39 is 0 Å². The van der Waals surface area contributed by atoms with Crippen molar-refractivity contribution in [1.82, 2.24) is 10.3 Å². The minimum atomic E-state index is 0.581. The molecule has 0 fully saturated rings. The summed E-state index contributed by atoms with van der Waals surface area (Å²) in [6, 6.07) is 5.59. The minimum Gasteiger partial charge on any atom is -0.496 e. The highest BCUT2D eigenvalue weighted by Gasteiger charge is 2.16. The molecule has 96 valence electrons. The van der Waals surface area contributed by atoms with Gasteiger partial charge in [-0.05, 0) is 19.2 Å². The minimum absolute atomic E-state index is 0.581. The van der Waals surface area contributed by atoms with E-state index >= 15 is 0 Å². The second kappa shape index (κ2) is 5.55. The highest BCUT2D eigenvalue weighted by atomic mass is 16.5. The molecule has 0 atom stereocenters. The summed E-state index contributed by atoms with van der Waals surface area (Å²) in [5, 5.41) is 2.99. The van der Waals surface area contributed by atoms with Crippen molar-refractivity contribution < 1.29 is 13.9 Å². The van der Waals surface area contributed by atoms with Crippen LogP contribution in [0.25, 0.3) is 11.3 Å². The van der Waals surface area contributed by atoms with Crippen LogP contribution >= 0.6 is 0 Å². The number of rotatable bonds is 5. The number of aromatic nitrogens is 1.